The van der Waals surface area contributed by atoms with Crippen molar-refractivity contribution in [2.75, 3.05) is 13.1 Å². The summed E-state index contributed by atoms with van der Waals surface area (Å²) in [4.78, 5) is 2.54. The smallest absolute Gasteiger partial charge is 0.0924 e. The molecular formula is C15H20ClNO. The third kappa shape index (κ3) is 2.29. The summed E-state index contributed by atoms with van der Waals surface area (Å²) in [6.07, 6.45) is 5.51. The zero-order valence-electron chi connectivity index (χ0n) is 10.6. The van der Waals surface area contributed by atoms with Crippen molar-refractivity contribution in [2.24, 2.45) is 0 Å². The Morgan fingerprint density at radius 2 is 2.17 bits per heavy atom. The van der Waals surface area contributed by atoms with Crippen molar-refractivity contribution in [3.05, 3.63) is 34.9 Å². The SMILES string of the molecule is O[C@]1(c2cccc(Cl)c2)CCN2CCCC[C@H]2C1. The highest BCUT2D eigenvalue weighted by molar-refractivity contribution is 6.30. The number of aliphatic hydroxyl groups is 1. The summed E-state index contributed by atoms with van der Waals surface area (Å²) < 4.78 is 0. The fourth-order valence-electron chi connectivity index (χ4n) is 3.45. The molecule has 1 aromatic rings. The van der Waals surface area contributed by atoms with E-state index in [-0.39, 0.29) is 0 Å². The monoisotopic (exact) mass is 265 g/mol. The first kappa shape index (κ1) is 12.5. The molecule has 0 radical (unpaired) electrons. The second-order valence-electron chi connectivity index (χ2n) is 5.68. The summed E-state index contributed by atoms with van der Waals surface area (Å²) in [6, 6.07) is 8.27. The molecule has 1 N–H and O–H groups in total. The van der Waals surface area contributed by atoms with Gasteiger partial charge in [-0.05, 0) is 49.9 Å². The van der Waals surface area contributed by atoms with Gasteiger partial charge in [0.25, 0.3) is 0 Å². The topological polar surface area (TPSA) is 23.5 Å². The highest BCUT2D eigenvalue weighted by atomic mass is 35.5. The Bertz CT molecular complexity index is 436. The number of hydrogen-bond donors (Lipinski definition) is 1. The third-order valence-electron chi connectivity index (χ3n) is 4.50. The van der Waals surface area contributed by atoms with Crippen molar-refractivity contribution in [2.45, 2.75) is 43.7 Å². The van der Waals surface area contributed by atoms with Crippen molar-refractivity contribution in [3.8, 4) is 0 Å². The lowest BCUT2D eigenvalue weighted by Crippen LogP contribution is -2.50. The zero-order chi connectivity index (χ0) is 12.6. The van der Waals surface area contributed by atoms with Gasteiger partial charge in [-0.25, -0.2) is 0 Å². The van der Waals surface area contributed by atoms with Gasteiger partial charge in [-0.2, -0.15) is 0 Å². The van der Waals surface area contributed by atoms with E-state index in [0.29, 0.717) is 11.1 Å². The maximum atomic E-state index is 10.9. The Balaban J connectivity index is 1.83. The Morgan fingerprint density at radius 3 is 3.00 bits per heavy atom. The van der Waals surface area contributed by atoms with E-state index < -0.39 is 5.60 Å². The van der Waals surface area contributed by atoms with E-state index in [1.807, 2.05) is 24.3 Å². The molecular weight excluding hydrogens is 246 g/mol. The van der Waals surface area contributed by atoms with E-state index in [1.54, 1.807) is 0 Å². The Labute approximate surface area is 114 Å². The van der Waals surface area contributed by atoms with Crippen molar-refractivity contribution in [1.82, 2.24) is 4.90 Å². The lowest BCUT2D eigenvalue weighted by atomic mass is 9.78. The number of benzene rings is 1. The van der Waals surface area contributed by atoms with Gasteiger partial charge in [0, 0.05) is 17.6 Å². The van der Waals surface area contributed by atoms with Crippen LogP contribution in [0, 0.1) is 0 Å². The van der Waals surface area contributed by atoms with Gasteiger partial charge in [0.05, 0.1) is 5.60 Å². The highest BCUT2D eigenvalue weighted by Crippen LogP contribution is 2.39. The van der Waals surface area contributed by atoms with Gasteiger partial charge < -0.3 is 10.0 Å². The Kier molecular flexibility index (Phi) is 3.35. The number of rotatable bonds is 1. The molecule has 0 spiro atoms. The van der Waals surface area contributed by atoms with Crippen LogP contribution in [0.5, 0.6) is 0 Å². The summed E-state index contributed by atoms with van der Waals surface area (Å²) in [5.74, 6) is 0. The van der Waals surface area contributed by atoms with E-state index in [9.17, 15) is 5.11 Å². The lowest BCUT2D eigenvalue weighted by molar-refractivity contribution is -0.0611. The molecule has 2 fully saturated rings. The van der Waals surface area contributed by atoms with Crippen LogP contribution >= 0.6 is 11.6 Å². The van der Waals surface area contributed by atoms with E-state index in [0.717, 1.165) is 24.9 Å². The molecule has 18 heavy (non-hydrogen) atoms. The van der Waals surface area contributed by atoms with E-state index in [1.165, 1.54) is 25.8 Å². The molecule has 0 aromatic heterocycles. The average Bonchev–Trinajstić information content (AvgIpc) is 2.38. The normalized spacial score (nSPS) is 33.1. The van der Waals surface area contributed by atoms with Gasteiger partial charge in [-0.1, -0.05) is 30.2 Å². The van der Waals surface area contributed by atoms with Gasteiger partial charge in [0.15, 0.2) is 0 Å². The first-order valence-electron chi connectivity index (χ1n) is 6.90. The number of halogens is 1. The molecule has 0 bridgehead atoms. The lowest BCUT2D eigenvalue weighted by Gasteiger charge is -2.46. The van der Waals surface area contributed by atoms with Crippen molar-refractivity contribution >= 4 is 11.6 Å². The van der Waals surface area contributed by atoms with Crippen molar-refractivity contribution in [3.63, 3.8) is 0 Å². The molecule has 3 heteroatoms. The van der Waals surface area contributed by atoms with Crippen LogP contribution in [0.1, 0.15) is 37.7 Å². The van der Waals surface area contributed by atoms with Gasteiger partial charge in [0.1, 0.15) is 0 Å². The Morgan fingerprint density at radius 1 is 1.28 bits per heavy atom. The maximum absolute atomic E-state index is 10.9. The number of piperidine rings is 2. The predicted molar refractivity (Wildman–Crippen MR) is 73.8 cm³/mol. The number of nitrogens with zero attached hydrogens (tertiary/aromatic N) is 1. The van der Waals surface area contributed by atoms with Crippen LogP contribution in [0.4, 0.5) is 0 Å². The van der Waals surface area contributed by atoms with Crippen LogP contribution in [0.3, 0.4) is 0 Å². The molecule has 98 valence electrons. The fraction of sp³-hybridized carbons (Fsp3) is 0.600. The molecule has 0 saturated carbocycles. The van der Waals surface area contributed by atoms with Gasteiger partial charge >= 0.3 is 0 Å². The maximum Gasteiger partial charge on any atom is 0.0924 e. The molecule has 2 nitrogen and oxygen atoms in total. The van der Waals surface area contributed by atoms with Crippen LogP contribution in [0.25, 0.3) is 0 Å². The second-order valence-corrected chi connectivity index (χ2v) is 6.12. The summed E-state index contributed by atoms with van der Waals surface area (Å²) in [5, 5.41) is 11.6. The van der Waals surface area contributed by atoms with Crippen LogP contribution in [0.2, 0.25) is 5.02 Å². The first-order valence-corrected chi connectivity index (χ1v) is 7.28. The van der Waals surface area contributed by atoms with Gasteiger partial charge in [-0.15, -0.1) is 0 Å². The van der Waals surface area contributed by atoms with Crippen molar-refractivity contribution in [1.29, 1.82) is 0 Å². The second kappa shape index (κ2) is 4.84. The standard InChI is InChI=1S/C15H20ClNO/c16-13-5-3-4-12(10-13)15(18)7-9-17-8-2-1-6-14(17)11-15/h3-5,10,14,18H,1-2,6-9,11H2/t14-,15+/m0/s1. The summed E-state index contributed by atoms with van der Waals surface area (Å²) >= 11 is 6.04. The van der Waals surface area contributed by atoms with E-state index >= 15 is 0 Å². The zero-order valence-corrected chi connectivity index (χ0v) is 11.4. The number of fused-ring (bicyclic) bond motifs is 1. The van der Waals surface area contributed by atoms with Gasteiger partial charge in [-0.3, -0.25) is 0 Å². The fourth-order valence-corrected chi connectivity index (χ4v) is 3.64. The van der Waals surface area contributed by atoms with Crippen LogP contribution in [-0.4, -0.2) is 29.1 Å². The minimum atomic E-state index is -0.677. The summed E-state index contributed by atoms with van der Waals surface area (Å²) in [6.45, 7) is 2.21. The average molecular weight is 266 g/mol. The summed E-state index contributed by atoms with van der Waals surface area (Å²) in [5.41, 5.74) is 0.309. The molecule has 0 amide bonds. The quantitative estimate of drug-likeness (QED) is 0.843. The molecule has 2 heterocycles. The Hall–Kier alpha value is -0.570. The van der Waals surface area contributed by atoms with Crippen molar-refractivity contribution < 1.29 is 5.11 Å². The largest absolute Gasteiger partial charge is 0.385 e. The van der Waals surface area contributed by atoms with Gasteiger partial charge in [0.2, 0.25) is 0 Å². The van der Waals surface area contributed by atoms with E-state index in [4.69, 9.17) is 11.6 Å². The third-order valence-corrected chi connectivity index (χ3v) is 4.73. The molecule has 2 aliphatic rings. The van der Waals surface area contributed by atoms with Crippen LogP contribution in [0.15, 0.2) is 24.3 Å². The number of hydrogen-bond acceptors (Lipinski definition) is 2. The molecule has 0 aliphatic carbocycles. The molecule has 1 aromatic carbocycles. The van der Waals surface area contributed by atoms with Crippen LogP contribution < -0.4 is 0 Å². The minimum Gasteiger partial charge on any atom is -0.385 e. The van der Waals surface area contributed by atoms with Crippen LogP contribution in [-0.2, 0) is 5.60 Å². The molecule has 3 rings (SSSR count). The first-order chi connectivity index (χ1) is 8.67. The minimum absolute atomic E-state index is 0.552. The molecule has 0 unspecified atom stereocenters. The molecule has 2 atom stereocenters. The summed E-state index contributed by atoms with van der Waals surface area (Å²) in [7, 11) is 0. The van der Waals surface area contributed by atoms with E-state index in [2.05, 4.69) is 4.90 Å². The highest BCUT2D eigenvalue weighted by Gasteiger charge is 2.40. The predicted octanol–water partition coefficient (Wildman–Crippen LogP) is 3.18. The molecule has 2 saturated heterocycles. The molecule has 2 aliphatic heterocycles.